The lowest BCUT2D eigenvalue weighted by molar-refractivity contribution is -0.137. The van der Waals surface area contributed by atoms with Crippen LogP contribution in [0.15, 0.2) is 48.9 Å². The van der Waals surface area contributed by atoms with Crippen LogP contribution in [0.25, 0.3) is 11.4 Å². The molecule has 0 spiro atoms. The summed E-state index contributed by atoms with van der Waals surface area (Å²) in [4.78, 5) is 30.0. The maximum Gasteiger partial charge on any atom is 0.317 e. The molecule has 0 atom stereocenters. The maximum atomic E-state index is 10.7. The van der Waals surface area contributed by atoms with Crippen LogP contribution in [0.1, 0.15) is 17.7 Å². The number of anilines is 2. The summed E-state index contributed by atoms with van der Waals surface area (Å²) in [7, 11) is 1.79. The largest absolute Gasteiger partial charge is 0.480 e. The number of carbonyl (C=O) groups is 1. The summed E-state index contributed by atoms with van der Waals surface area (Å²) in [6, 6.07) is 11.8. The zero-order valence-electron chi connectivity index (χ0n) is 17.5. The van der Waals surface area contributed by atoms with Gasteiger partial charge in [-0.2, -0.15) is 4.98 Å². The molecule has 0 bridgehead atoms. The Morgan fingerprint density at radius 1 is 1.16 bits per heavy atom. The number of nitrogens with zero attached hydrogens (tertiary/aromatic N) is 5. The smallest absolute Gasteiger partial charge is 0.317 e. The first-order valence-electron chi connectivity index (χ1n) is 10.1. The molecule has 0 aliphatic carbocycles. The Morgan fingerprint density at radius 2 is 2.03 bits per heavy atom. The number of rotatable bonds is 11. The van der Waals surface area contributed by atoms with E-state index in [4.69, 9.17) is 10.8 Å². The van der Waals surface area contributed by atoms with Gasteiger partial charge < -0.3 is 16.2 Å². The van der Waals surface area contributed by atoms with E-state index in [1.807, 2.05) is 36.4 Å². The highest BCUT2D eigenvalue weighted by Gasteiger charge is 2.08. The van der Waals surface area contributed by atoms with Crippen LogP contribution in [-0.4, -0.2) is 62.6 Å². The van der Waals surface area contributed by atoms with Crippen molar-refractivity contribution in [3.05, 3.63) is 60.2 Å². The van der Waals surface area contributed by atoms with E-state index in [1.54, 1.807) is 18.1 Å². The minimum absolute atomic E-state index is 0.0310. The maximum absolute atomic E-state index is 10.7. The zero-order chi connectivity index (χ0) is 22.1. The summed E-state index contributed by atoms with van der Waals surface area (Å²) >= 11 is 0. The van der Waals surface area contributed by atoms with Crippen LogP contribution < -0.4 is 11.1 Å². The molecule has 9 heteroatoms. The Bertz CT molecular complexity index is 1010. The average Bonchev–Trinajstić information content (AvgIpc) is 2.74. The molecule has 2 aromatic heterocycles. The molecule has 0 unspecified atom stereocenters. The standard InChI is InChI=1S/C22H27N7O2/c1-29(14-20(30)31)11-3-6-18-13-17(8-10-24-18)21-25-15-26-22(28-21)27-19-5-2-4-16(12-19)7-9-23/h2,4-5,8,10,12-13,15H,3,6-7,9,11,14,23H2,1H3,(H,30,31)(H,25,26,27,28). The number of aliphatic carboxylic acids is 1. The van der Waals surface area contributed by atoms with E-state index in [9.17, 15) is 4.79 Å². The van der Waals surface area contributed by atoms with E-state index < -0.39 is 5.97 Å². The lowest BCUT2D eigenvalue weighted by Gasteiger charge is -2.13. The molecule has 1 aromatic carbocycles. The predicted molar refractivity (Wildman–Crippen MR) is 119 cm³/mol. The normalized spacial score (nSPS) is 10.9. The van der Waals surface area contributed by atoms with Crippen molar-refractivity contribution in [3.63, 3.8) is 0 Å². The summed E-state index contributed by atoms with van der Waals surface area (Å²) in [6.45, 7) is 1.31. The molecule has 0 aliphatic heterocycles. The third kappa shape index (κ3) is 7.09. The molecule has 31 heavy (non-hydrogen) atoms. The molecule has 0 aliphatic rings. The van der Waals surface area contributed by atoms with Gasteiger partial charge in [-0.25, -0.2) is 9.97 Å². The molecule has 0 fully saturated rings. The number of nitrogens with one attached hydrogen (secondary N) is 1. The number of hydrogen-bond donors (Lipinski definition) is 3. The predicted octanol–water partition coefficient (Wildman–Crippen LogP) is 2.13. The third-order valence-electron chi connectivity index (χ3n) is 4.64. The first kappa shape index (κ1) is 22.3. The van der Waals surface area contributed by atoms with Gasteiger partial charge in [-0.3, -0.25) is 14.7 Å². The van der Waals surface area contributed by atoms with Gasteiger partial charge in [0.25, 0.3) is 0 Å². The Morgan fingerprint density at radius 3 is 2.84 bits per heavy atom. The molecule has 0 amide bonds. The molecule has 3 rings (SSSR count). The minimum Gasteiger partial charge on any atom is -0.480 e. The van der Waals surface area contributed by atoms with E-state index in [2.05, 4.69) is 25.3 Å². The average molecular weight is 422 g/mol. The Labute approximate surface area is 181 Å². The number of nitrogens with two attached hydrogens (primary N) is 1. The molecule has 9 nitrogen and oxygen atoms in total. The third-order valence-corrected chi connectivity index (χ3v) is 4.64. The van der Waals surface area contributed by atoms with Crippen molar-refractivity contribution >= 4 is 17.6 Å². The highest BCUT2D eigenvalue weighted by atomic mass is 16.4. The van der Waals surface area contributed by atoms with Gasteiger partial charge in [-0.05, 0) is 69.2 Å². The van der Waals surface area contributed by atoms with Gasteiger partial charge in [0.15, 0.2) is 5.82 Å². The van der Waals surface area contributed by atoms with Crippen LogP contribution >= 0.6 is 0 Å². The first-order chi connectivity index (χ1) is 15.0. The number of pyridine rings is 1. The number of aromatic nitrogens is 4. The van der Waals surface area contributed by atoms with E-state index >= 15 is 0 Å². The van der Waals surface area contributed by atoms with Crippen molar-refractivity contribution in [2.75, 3.05) is 32.0 Å². The van der Waals surface area contributed by atoms with Crippen LogP contribution in [0.2, 0.25) is 0 Å². The molecular weight excluding hydrogens is 394 g/mol. The minimum atomic E-state index is -0.826. The monoisotopic (exact) mass is 421 g/mol. The van der Waals surface area contributed by atoms with Gasteiger partial charge in [0, 0.05) is 23.1 Å². The van der Waals surface area contributed by atoms with Crippen LogP contribution in [0.4, 0.5) is 11.6 Å². The second-order valence-electron chi connectivity index (χ2n) is 7.27. The number of hydrogen-bond acceptors (Lipinski definition) is 8. The van der Waals surface area contributed by atoms with Gasteiger partial charge in [0.05, 0.1) is 6.54 Å². The van der Waals surface area contributed by atoms with Crippen molar-refractivity contribution < 1.29 is 9.90 Å². The van der Waals surface area contributed by atoms with E-state index in [0.717, 1.165) is 41.8 Å². The highest BCUT2D eigenvalue weighted by Crippen LogP contribution is 2.19. The summed E-state index contributed by atoms with van der Waals surface area (Å²) in [5.41, 5.74) is 9.44. The molecule has 162 valence electrons. The van der Waals surface area contributed by atoms with Crippen molar-refractivity contribution in [1.82, 2.24) is 24.8 Å². The van der Waals surface area contributed by atoms with Crippen molar-refractivity contribution in [3.8, 4) is 11.4 Å². The van der Waals surface area contributed by atoms with Gasteiger partial charge in [0.1, 0.15) is 6.33 Å². The first-order valence-corrected chi connectivity index (χ1v) is 10.1. The number of carboxylic acids is 1. The molecule has 0 radical (unpaired) electrons. The van der Waals surface area contributed by atoms with E-state index in [1.165, 1.54) is 6.33 Å². The number of benzene rings is 1. The molecule has 0 saturated heterocycles. The van der Waals surface area contributed by atoms with Crippen LogP contribution in [0.5, 0.6) is 0 Å². The summed E-state index contributed by atoms with van der Waals surface area (Å²) in [6.07, 6.45) is 5.57. The zero-order valence-corrected chi connectivity index (χ0v) is 17.5. The van der Waals surface area contributed by atoms with Gasteiger partial charge in [0.2, 0.25) is 5.95 Å². The molecule has 0 saturated carbocycles. The summed E-state index contributed by atoms with van der Waals surface area (Å²) in [5.74, 6) is 0.193. The van der Waals surface area contributed by atoms with Crippen LogP contribution in [0, 0.1) is 0 Å². The number of carboxylic acid groups (broad SMARTS) is 1. The van der Waals surface area contributed by atoms with Gasteiger partial charge in [-0.15, -0.1) is 0 Å². The van der Waals surface area contributed by atoms with Crippen molar-refractivity contribution in [1.29, 1.82) is 0 Å². The highest BCUT2D eigenvalue weighted by molar-refractivity contribution is 5.69. The lowest BCUT2D eigenvalue weighted by atomic mass is 10.1. The Kier molecular flexibility index (Phi) is 7.97. The van der Waals surface area contributed by atoms with E-state index in [-0.39, 0.29) is 6.54 Å². The molecule has 2 heterocycles. The van der Waals surface area contributed by atoms with Gasteiger partial charge in [-0.1, -0.05) is 12.1 Å². The fourth-order valence-corrected chi connectivity index (χ4v) is 3.19. The van der Waals surface area contributed by atoms with E-state index in [0.29, 0.717) is 24.9 Å². The molecular formula is C22H27N7O2. The topological polar surface area (TPSA) is 130 Å². The lowest BCUT2D eigenvalue weighted by Crippen LogP contribution is -2.26. The van der Waals surface area contributed by atoms with Crippen molar-refractivity contribution in [2.24, 2.45) is 5.73 Å². The fourth-order valence-electron chi connectivity index (χ4n) is 3.19. The second-order valence-corrected chi connectivity index (χ2v) is 7.27. The summed E-state index contributed by atoms with van der Waals surface area (Å²) < 4.78 is 0. The summed E-state index contributed by atoms with van der Waals surface area (Å²) in [5, 5.41) is 12.1. The van der Waals surface area contributed by atoms with Gasteiger partial charge >= 0.3 is 5.97 Å². The van der Waals surface area contributed by atoms with Crippen LogP contribution in [-0.2, 0) is 17.6 Å². The fraction of sp³-hybridized carbons (Fsp3) is 0.318. The second kappa shape index (κ2) is 11.1. The number of aryl methyl sites for hydroxylation is 1. The Hall–Kier alpha value is -3.43. The number of likely N-dealkylation sites (N-methyl/N-ethyl adjacent to an activating group) is 1. The van der Waals surface area contributed by atoms with Crippen LogP contribution in [0.3, 0.4) is 0 Å². The molecule has 3 aromatic rings. The Balaban J connectivity index is 1.66. The quantitative estimate of drug-likeness (QED) is 0.426. The van der Waals surface area contributed by atoms with Crippen molar-refractivity contribution in [2.45, 2.75) is 19.3 Å². The molecule has 4 N–H and O–H groups in total. The SMILES string of the molecule is CN(CCCc1cc(-c2ncnc(Nc3cccc(CCN)c3)n2)ccn1)CC(=O)O.